The van der Waals surface area contributed by atoms with Crippen LogP contribution in [0.2, 0.25) is 0 Å². The number of hydrogen-bond donors (Lipinski definition) is 1. The lowest BCUT2D eigenvalue weighted by atomic mass is 10.3. The van der Waals surface area contributed by atoms with Crippen molar-refractivity contribution in [3.63, 3.8) is 0 Å². The van der Waals surface area contributed by atoms with Gasteiger partial charge in [0, 0.05) is 5.38 Å². The number of nitrogens with one attached hydrogen (secondary N) is 1. The molecule has 0 radical (unpaired) electrons. The highest BCUT2D eigenvalue weighted by Gasteiger charge is 2.14. The highest BCUT2D eigenvalue weighted by Crippen LogP contribution is 2.26. The summed E-state index contributed by atoms with van der Waals surface area (Å²) in [6.07, 6.45) is 1.11. The number of carbonyl (C=O) groups is 1. The zero-order valence-corrected chi connectivity index (χ0v) is 11.3. The summed E-state index contributed by atoms with van der Waals surface area (Å²) in [7, 11) is 0. The van der Waals surface area contributed by atoms with E-state index in [1.54, 1.807) is 11.4 Å². The highest BCUT2D eigenvalue weighted by atomic mass is 79.9. The molecule has 2 rings (SSSR count). The van der Waals surface area contributed by atoms with E-state index >= 15 is 0 Å². The lowest BCUT2D eigenvalue weighted by molar-refractivity contribution is -0.380. The molecule has 0 aliphatic heterocycles. The molecule has 17 heavy (non-hydrogen) atoms. The molecule has 0 bridgehead atoms. The normalized spacial score (nSPS) is 10.2. The van der Waals surface area contributed by atoms with E-state index < -0.39 is 4.92 Å². The number of nitrogens with zero attached hydrogens (tertiary/aromatic N) is 2. The largest absolute Gasteiger partial charge is 0.345 e. The molecule has 0 spiro atoms. The van der Waals surface area contributed by atoms with Crippen molar-refractivity contribution in [2.75, 3.05) is 5.32 Å². The average molecular weight is 334 g/mol. The SMILES string of the molecule is O=C(Nc1ncc([N+](=O)[O-])s1)c1csc(Br)c1. The second-order valence-corrected chi connectivity index (χ2v) is 6.15. The number of carbonyl (C=O) groups excluding carboxylic acids is 1. The maximum absolute atomic E-state index is 11.7. The van der Waals surface area contributed by atoms with Crippen molar-refractivity contribution < 1.29 is 9.72 Å². The van der Waals surface area contributed by atoms with Gasteiger partial charge in [0.05, 0.1) is 14.3 Å². The number of halogens is 1. The molecule has 0 saturated heterocycles. The smallest absolute Gasteiger partial charge is 0.298 e. The minimum atomic E-state index is -0.547. The molecule has 0 fully saturated rings. The Morgan fingerprint density at radius 2 is 2.35 bits per heavy atom. The van der Waals surface area contributed by atoms with E-state index in [2.05, 4.69) is 26.2 Å². The number of thiazole rings is 1. The van der Waals surface area contributed by atoms with E-state index in [9.17, 15) is 14.9 Å². The van der Waals surface area contributed by atoms with Crippen molar-refractivity contribution in [1.82, 2.24) is 4.98 Å². The van der Waals surface area contributed by atoms with Gasteiger partial charge in [-0.1, -0.05) is 0 Å². The van der Waals surface area contributed by atoms with Crippen LogP contribution < -0.4 is 5.32 Å². The van der Waals surface area contributed by atoms with Crippen LogP contribution >= 0.6 is 38.6 Å². The number of amides is 1. The fourth-order valence-electron chi connectivity index (χ4n) is 1.01. The summed E-state index contributed by atoms with van der Waals surface area (Å²) in [4.78, 5) is 25.3. The first-order valence-corrected chi connectivity index (χ1v) is 6.71. The molecule has 0 saturated carbocycles. The fourth-order valence-corrected chi connectivity index (χ4v) is 2.77. The Labute approximate surface area is 112 Å². The first kappa shape index (κ1) is 12.1. The Balaban J connectivity index is 2.10. The van der Waals surface area contributed by atoms with Gasteiger partial charge in [-0.2, -0.15) is 0 Å². The summed E-state index contributed by atoms with van der Waals surface area (Å²) in [5, 5.41) is 14.7. The maximum atomic E-state index is 11.7. The first-order chi connectivity index (χ1) is 8.06. The van der Waals surface area contributed by atoms with Gasteiger partial charge in [0.15, 0.2) is 5.13 Å². The van der Waals surface area contributed by atoms with Crippen LogP contribution in [0.15, 0.2) is 21.4 Å². The monoisotopic (exact) mass is 333 g/mol. The van der Waals surface area contributed by atoms with Crippen LogP contribution in [-0.2, 0) is 0 Å². The number of thiophene rings is 1. The summed E-state index contributed by atoms with van der Waals surface area (Å²) in [5.41, 5.74) is 0.486. The molecule has 2 aromatic rings. The van der Waals surface area contributed by atoms with E-state index in [4.69, 9.17) is 0 Å². The van der Waals surface area contributed by atoms with Crippen LogP contribution in [0.3, 0.4) is 0 Å². The molecule has 2 heterocycles. The van der Waals surface area contributed by atoms with Gasteiger partial charge < -0.3 is 0 Å². The third-order valence-corrected chi connectivity index (χ3v) is 4.09. The minimum Gasteiger partial charge on any atom is -0.298 e. The van der Waals surface area contributed by atoms with Crippen LogP contribution in [0, 0.1) is 10.1 Å². The van der Waals surface area contributed by atoms with Crippen LogP contribution in [0.1, 0.15) is 10.4 Å². The highest BCUT2D eigenvalue weighted by molar-refractivity contribution is 9.11. The molecule has 2 aromatic heterocycles. The van der Waals surface area contributed by atoms with Gasteiger partial charge in [0.25, 0.3) is 5.91 Å². The quantitative estimate of drug-likeness (QED) is 0.690. The zero-order valence-electron chi connectivity index (χ0n) is 8.05. The number of nitro groups is 1. The Bertz CT molecular complexity index is 580. The molecule has 1 N–H and O–H groups in total. The first-order valence-electron chi connectivity index (χ1n) is 4.22. The second kappa shape index (κ2) is 4.90. The molecular weight excluding hydrogens is 330 g/mol. The van der Waals surface area contributed by atoms with Crippen LogP contribution in [0.4, 0.5) is 10.1 Å². The third-order valence-electron chi connectivity index (χ3n) is 1.72. The number of hydrogen-bond acceptors (Lipinski definition) is 6. The summed E-state index contributed by atoms with van der Waals surface area (Å²) in [6, 6.07) is 1.67. The molecule has 0 aliphatic rings. The molecule has 0 atom stereocenters. The van der Waals surface area contributed by atoms with Crippen molar-refractivity contribution >= 4 is 54.6 Å². The Morgan fingerprint density at radius 1 is 1.59 bits per heavy atom. The predicted molar refractivity (Wildman–Crippen MR) is 68.7 cm³/mol. The molecular formula is C8H4BrN3O3S2. The van der Waals surface area contributed by atoms with Crippen molar-refractivity contribution in [2.45, 2.75) is 0 Å². The van der Waals surface area contributed by atoms with Gasteiger partial charge >= 0.3 is 5.00 Å². The van der Waals surface area contributed by atoms with Gasteiger partial charge in [-0.25, -0.2) is 4.98 Å². The predicted octanol–water partition coefficient (Wildman–Crippen LogP) is 3.13. The van der Waals surface area contributed by atoms with Crippen LogP contribution in [0.5, 0.6) is 0 Å². The Kier molecular flexibility index (Phi) is 3.50. The summed E-state index contributed by atoms with van der Waals surface area (Å²) >= 11 is 5.45. The van der Waals surface area contributed by atoms with Crippen LogP contribution in [0.25, 0.3) is 0 Å². The average Bonchev–Trinajstić information content (AvgIpc) is 2.86. The molecule has 0 aromatic carbocycles. The Hall–Kier alpha value is -1.32. The second-order valence-electron chi connectivity index (χ2n) is 2.85. The molecule has 0 aliphatic carbocycles. The molecule has 9 heteroatoms. The lowest BCUT2D eigenvalue weighted by Gasteiger charge is -1.96. The van der Waals surface area contributed by atoms with Gasteiger partial charge in [0.2, 0.25) is 0 Å². The standard InChI is InChI=1S/C8H4BrN3O3S2/c9-5-1-4(3-16-5)7(13)11-8-10-2-6(17-8)12(14)15/h1-3H,(H,10,11,13). The molecule has 6 nitrogen and oxygen atoms in total. The van der Waals surface area contributed by atoms with Crippen molar-refractivity contribution in [2.24, 2.45) is 0 Å². The molecule has 0 unspecified atom stereocenters. The number of anilines is 1. The summed E-state index contributed by atoms with van der Waals surface area (Å²) < 4.78 is 0.841. The van der Waals surface area contributed by atoms with Gasteiger partial charge in [-0.15, -0.1) is 11.3 Å². The van der Waals surface area contributed by atoms with E-state index in [-0.39, 0.29) is 16.0 Å². The lowest BCUT2D eigenvalue weighted by Crippen LogP contribution is -2.10. The maximum Gasteiger partial charge on any atom is 0.345 e. The van der Waals surface area contributed by atoms with E-state index in [1.807, 2.05) is 0 Å². The molecule has 88 valence electrons. The number of rotatable bonds is 3. The summed E-state index contributed by atoms with van der Waals surface area (Å²) in [6.45, 7) is 0. The van der Waals surface area contributed by atoms with E-state index in [0.29, 0.717) is 5.56 Å². The third kappa shape index (κ3) is 2.87. The van der Waals surface area contributed by atoms with Crippen molar-refractivity contribution in [3.05, 3.63) is 37.1 Å². The van der Waals surface area contributed by atoms with E-state index in [0.717, 1.165) is 21.3 Å². The van der Waals surface area contributed by atoms with Crippen LogP contribution in [-0.4, -0.2) is 15.8 Å². The fraction of sp³-hybridized carbons (Fsp3) is 0. The topological polar surface area (TPSA) is 85.1 Å². The minimum absolute atomic E-state index is 0.105. The van der Waals surface area contributed by atoms with Gasteiger partial charge in [-0.05, 0) is 33.3 Å². The van der Waals surface area contributed by atoms with Crippen molar-refractivity contribution in [1.29, 1.82) is 0 Å². The number of aromatic nitrogens is 1. The van der Waals surface area contributed by atoms with Crippen molar-refractivity contribution in [3.8, 4) is 0 Å². The van der Waals surface area contributed by atoms with Gasteiger partial charge in [-0.3, -0.25) is 20.2 Å². The molecule has 1 amide bonds. The summed E-state index contributed by atoms with van der Waals surface area (Å²) in [5.74, 6) is -0.337. The Morgan fingerprint density at radius 3 is 2.88 bits per heavy atom. The van der Waals surface area contributed by atoms with Gasteiger partial charge in [0.1, 0.15) is 6.20 Å². The van der Waals surface area contributed by atoms with E-state index in [1.165, 1.54) is 11.3 Å². The zero-order chi connectivity index (χ0) is 12.4.